The van der Waals surface area contributed by atoms with Crippen molar-refractivity contribution in [3.8, 4) is 0 Å². The molecular formula is C11H12N4. The second-order valence-electron chi connectivity index (χ2n) is 3.49. The molecule has 1 heterocycles. The minimum Gasteiger partial charge on any atom is -0.350 e. The molecule has 0 aliphatic rings. The Balaban J connectivity index is 2.41. The van der Waals surface area contributed by atoms with Crippen molar-refractivity contribution in [2.45, 2.75) is 6.42 Å². The zero-order valence-electron chi connectivity index (χ0n) is 8.59. The number of hydrogen-bond acceptors (Lipinski definition) is 1. The molecule has 0 radical (unpaired) electrons. The van der Waals surface area contributed by atoms with Crippen molar-refractivity contribution in [2.24, 2.45) is 12.2 Å². The van der Waals surface area contributed by atoms with Gasteiger partial charge in [0.25, 0.3) is 0 Å². The summed E-state index contributed by atoms with van der Waals surface area (Å²) in [5.41, 5.74) is 10.7. The molecule has 4 nitrogen and oxygen atoms in total. The van der Waals surface area contributed by atoms with Crippen LogP contribution >= 0.6 is 0 Å². The zero-order valence-corrected chi connectivity index (χ0v) is 8.59. The first kappa shape index (κ1) is 9.62. The van der Waals surface area contributed by atoms with Crippen LogP contribution < -0.4 is 0 Å². The molecule has 0 N–H and O–H groups in total. The molecule has 0 bridgehead atoms. The van der Waals surface area contributed by atoms with E-state index in [2.05, 4.69) is 32.8 Å². The SMILES string of the molecule is Cn1ccc2cccc(CCN=[N+]=[N-])c21. The van der Waals surface area contributed by atoms with E-state index in [-0.39, 0.29) is 0 Å². The molecule has 1 aromatic carbocycles. The van der Waals surface area contributed by atoms with Gasteiger partial charge in [-0.1, -0.05) is 23.3 Å². The van der Waals surface area contributed by atoms with Gasteiger partial charge in [-0.15, -0.1) is 0 Å². The molecule has 0 fully saturated rings. The topological polar surface area (TPSA) is 53.7 Å². The molecule has 0 aliphatic heterocycles. The molecule has 0 aliphatic carbocycles. The molecule has 4 heteroatoms. The van der Waals surface area contributed by atoms with Crippen LogP contribution in [0, 0.1) is 0 Å². The number of hydrogen-bond donors (Lipinski definition) is 0. The Morgan fingerprint density at radius 2 is 2.27 bits per heavy atom. The molecule has 0 spiro atoms. The van der Waals surface area contributed by atoms with Gasteiger partial charge in [0.1, 0.15) is 0 Å². The molecule has 0 saturated heterocycles. The summed E-state index contributed by atoms with van der Waals surface area (Å²) in [5, 5.41) is 4.79. The maximum atomic E-state index is 8.23. The van der Waals surface area contributed by atoms with Crippen LogP contribution in [0.2, 0.25) is 0 Å². The third-order valence-electron chi connectivity index (χ3n) is 2.53. The molecule has 15 heavy (non-hydrogen) atoms. The maximum Gasteiger partial charge on any atom is 0.0510 e. The molecule has 0 atom stereocenters. The van der Waals surface area contributed by atoms with Crippen LogP contribution in [0.4, 0.5) is 0 Å². The van der Waals surface area contributed by atoms with Crippen LogP contribution in [0.25, 0.3) is 21.3 Å². The summed E-state index contributed by atoms with van der Waals surface area (Å²) in [6.45, 7) is 0.515. The summed E-state index contributed by atoms with van der Waals surface area (Å²) in [4.78, 5) is 2.76. The summed E-state index contributed by atoms with van der Waals surface area (Å²) in [6, 6.07) is 8.29. The largest absolute Gasteiger partial charge is 0.350 e. The van der Waals surface area contributed by atoms with Gasteiger partial charge in [0, 0.05) is 24.7 Å². The summed E-state index contributed by atoms with van der Waals surface area (Å²) < 4.78 is 2.10. The van der Waals surface area contributed by atoms with E-state index in [4.69, 9.17) is 5.53 Å². The van der Waals surface area contributed by atoms with E-state index in [9.17, 15) is 0 Å². The third kappa shape index (κ3) is 1.80. The van der Waals surface area contributed by atoms with Crippen LogP contribution in [0.3, 0.4) is 0 Å². The molecule has 0 saturated carbocycles. The molecule has 0 amide bonds. The van der Waals surface area contributed by atoms with Gasteiger partial charge in [-0.3, -0.25) is 0 Å². The standard InChI is InChI=1S/C11H12N4/c1-15-8-6-10-4-2-3-9(11(10)15)5-7-13-14-12/h2-4,6,8H,5,7H2,1H3. The van der Waals surface area contributed by atoms with E-state index >= 15 is 0 Å². The Labute approximate surface area is 87.8 Å². The number of nitrogens with zero attached hydrogens (tertiary/aromatic N) is 4. The lowest BCUT2D eigenvalue weighted by molar-refractivity contribution is 0.924. The predicted octanol–water partition coefficient (Wildman–Crippen LogP) is 3.03. The summed E-state index contributed by atoms with van der Waals surface area (Å²) in [7, 11) is 2.03. The van der Waals surface area contributed by atoms with Crippen LogP contribution in [0.1, 0.15) is 5.56 Å². The minimum absolute atomic E-state index is 0.515. The molecule has 2 rings (SSSR count). The fraction of sp³-hybridized carbons (Fsp3) is 0.273. The average molecular weight is 200 g/mol. The van der Waals surface area contributed by atoms with E-state index in [1.54, 1.807) is 0 Å². The first-order chi connectivity index (χ1) is 7.33. The average Bonchev–Trinajstić information content (AvgIpc) is 2.62. The lowest BCUT2D eigenvalue weighted by Gasteiger charge is -2.03. The smallest absolute Gasteiger partial charge is 0.0510 e. The van der Waals surface area contributed by atoms with E-state index < -0.39 is 0 Å². The lowest BCUT2D eigenvalue weighted by atomic mass is 10.1. The molecule has 0 unspecified atom stereocenters. The van der Waals surface area contributed by atoms with Crippen molar-refractivity contribution in [3.05, 3.63) is 46.5 Å². The highest BCUT2D eigenvalue weighted by Gasteiger charge is 2.03. The van der Waals surface area contributed by atoms with Gasteiger partial charge >= 0.3 is 0 Å². The second-order valence-corrected chi connectivity index (χ2v) is 3.49. The predicted molar refractivity (Wildman–Crippen MR) is 60.6 cm³/mol. The van der Waals surface area contributed by atoms with E-state index in [0.29, 0.717) is 6.54 Å². The molecule has 1 aromatic heterocycles. The number of rotatable bonds is 3. The lowest BCUT2D eigenvalue weighted by Crippen LogP contribution is -1.94. The van der Waals surface area contributed by atoms with E-state index in [1.807, 2.05) is 19.3 Å². The van der Waals surface area contributed by atoms with Crippen molar-refractivity contribution in [2.75, 3.05) is 6.54 Å². The number of benzene rings is 1. The zero-order chi connectivity index (χ0) is 10.7. The molecule has 76 valence electrons. The van der Waals surface area contributed by atoms with E-state index in [0.717, 1.165) is 6.42 Å². The highest BCUT2D eigenvalue weighted by atomic mass is 15.1. The summed E-state index contributed by atoms with van der Waals surface area (Å²) in [6.07, 6.45) is 2.83. The first-order valence-electron chi connectivity index (χ1n) is 4.86. The van der Waals surface area contributed by atoms with E-state index in [1.165, 1.54) is 16.5 Å². The Hall–Kier alpha value is -1.93. The van der Waals surface area contributed by atoms with Crippen molar-refractivity contribution in [1.29, 1.82) is 0 Å². The number of azide groups is 1. The Kier molecular flexibility index (Phi) is 2.61. The Morgan fingerprint density at radius 1 is 1.40 bits per heavy atom. The van der Waals surface area contributed by atoms with Crippen LogP contribution in [-0.2, 0) is 13.5 Å². The normalized spacial score (nSPS) is 10.2. The minimum atomic E-state index is 0.515. The summed E-state index contributed by atoms with van der Waals surface area (Å²) in [5.74, 6) is 0. The van der Waals surface area contributed by atoms with Gasteiger partial charge in [0.05, 0.1) is 5.52 Å². The van der Waals surface area contributed by atoms with Crippen molar-refractivity contribution in [1.82, 2.24) is 4.57 Å². The monoisotopic (exact) mass is 200 g/mol. The van der Waals surface area contributed by atoms with Gasteiger partial charge in [0.2, 0.25) is 0 Å². The fourth-order valence-electron chi connectivity index (χ4n) is 1.86. The highest BCUT2D eigenvalue weighted by molar-refractivity contribution is 5.83. The second kappa shape index (κ2) is 4.07. The first-order valence-corrected chi connectivity index (χ1v) is 4.86. The highest BCUT2D eigenvalue weighted by Crippen LogP contribution is 2.19. The van der Waals surface area contributed by atoms with Crippen LogP contribution in [0.15, 0.2) is 35.6 Å². The van der Waals surface area contributed by atoms with Crippen LogP contribution in [0.5, 0.6) is 0 Å². The van der Waals surface area contributed by atoms with Crippen molar-refractivity contribution >= 4 is 10.9 Å². The quantitative estimate of drug-likeness (QED) is 0.415. The molecular weight excluding hydrogens is 188 g/mol. The maximum absolute atomic E-state index is 8.23. The van der Waals surface area contributed by atoms with Gasteiger partial charge in [-0.2, -0.15) is 0 Å². The fourth-order valence-corrected chi connectivity index (χ4v) is 1.86. The molecule has 2 aromatic rings. The van der Waals surface area contributed by atoms with Gasteiger partial charge in [-0.25, -0.2) is 0 Å². The van der Waals surface area contributed by atoms with Crippen molar-refractivity contribution < 1.29 is 0 Å². The number of aryl methyl sites for hydroxylation is 1. The van der Waals surface area contributed by atoms with Crippen molar-refractivity contribution in [3.63, 3.8) is 0 Å². The van der Waals surface area contributed by atoms with Crippen LogP contribution in [-0.4, -0.2) is 11.1 Å². The Bertz CT molecular complexity index is 520. The van der Waals surface area contributed by atoms with Gasteiger partial charge in [-0.05, 0) is 29.0 Å². The number of fused-ring (bicyclic) bond motifs is 1. The number of para-hydroxylation sites is 1. The summed E-state index contributed by atoms with van der Waals surface area (Å²) >= 11 is 0. The Morgan fingerprint density at radius 3 is 3.07 bits per heavy atom. The third-order valence-corrected chi connectivity index (χ3v) is 2.53. The van der Waals surface area contributed by atoms with Gasteiger partial charge in [0.15, 0.2) is 0 Å². The van der Waals surface area contributed by atoms with Gasteiger partial charge < -0.3 is 4.57 Å². The number of aromatic nitrogens is 1.